The zero-order valence-corrected chi connectivity index (χ0v) is 20.7. The van der Waals surface area contributed by atoms with E-state index in [4.69, 9.17) is 4.74 Å². The summed E-state index contributed by atoms with van der Waals surface area (Å²) in [7, 11) is 3.66. The normalized spacial score (nSPS) is 17.5. The van der Waals surface area contributed by atoms with Crippen molar-refractivity contribution in [2.24, 2.45) is 0 Å². The maximum absolute atomic E-state index is 14.5. The Morgan fingerprint density at radius 1 is 0.882 bits per heavy atom. The molecule has 0 fully saturated rings. The van der Waals surface area contributed by atoms with Crippen LogP contribution >= 0.6 is 0 Å². The average Bonchev–Trinajstić information content (AvgIpc) is 3.14. The molecule has 1 amide bonds. The van der Waals surface area contributed by atoms with Gasteiger partial charge in [0.1, 0.15) is 11.2 Å². The Morgan fingerprint density at radius 2 is 1.53 bits per heavy atom. The van der Waals surface area contributed by atoms with E-state index in [1.807, 2.05) is 71.7 Å². The number of anilines is 1. The minimum absolute atomic E-state index is 0.114. The first kappa shape index (κ1) is 24.0. The highest BCUT2D eigenvalue weighted by Gasteiger charge is 2.52. The maximum atomic E-state index is 14.5. The van der Waals surface area contributed by atoms with Crippen molar-refractivity contribution in [2.45, 2.75) is 32.2 Å². The smallest absolute Gasteiger partial charge is 0.256 e. The van der Waals surface area contributed by atoms with Crippen LogP contribution in [0.15, 0.2) is 78.9 Å². The van der Waals surface area contributed by atoms with Crippen molar-refractivity contribution in [3.05, 3.63) is 95.6 Å². The van der Waals surface area contributed by atoms with Gasteiger partial charge >= 0.3 is 0 Å². The summed E-state index contributed by atoms with van der Waals surface area (Å²) in [5.74, 6) is 0.941. The molecule has 0 spiro atoms. The van der Waals surface area contributed by atoms with Crippen LogP contribution in [0.2, 0.25) is 0 Å². The minimum atomic E-state index is -0.714. The van der Waals surface area contributed by atoms with Crippen LogP contribution in [0.1, 0.15) is 37.0 Å². The van der Waals surface area contributed by atoms with Crippen molar-refractivity contribution in [1.29, 1.82) is 0 Å². The number of amides is 1. The number of ether oxygens (including phenoxy) is 1. The van der Waals surface area contributed by atoms with Crippen LogP contribution < -0.4 is 9.75 Å². The van der Waals surface area contributed by atoms with Gasteiger partial charge < -0.3 is 9.64 Å². The molecule has 1 aliphatic rings. The van der Waals surface area contributed by atoms with Gasteiger partial charge in [-0.25, -0.2) is 10.0 Å². The summed E-state index contributed by atoms with van der Waals surface area (Å²) < 4.78 is 5.30. The van der Waals surface area contributed by atoms with Gasteiger partial charge in [0.25, 0.3) is 5.91 Å². The molecule has 0 radical (unpaired) electrons. The van der Waals surface area contributed by atoms with Crippen LogP contribution in [0.4, 0.5) is 5.69 Å². The highest BCUT2D eigenvalue weighted by Crippen LogP contribution is 2.49. The largest absolute Gasteiger partial charge is 0.497 e. The summed E-state index contributed by atoms with van der Waals surface area (Å²) >= 11 is 0. The number of benzene rings is 3. The van der Waals surface area contributed by atoms with Crippen LogP contribution in [-0.2, 0) is 16.8 Å². The Balaban J connectivity index is 1.74. The van der Waals surface area contributed by atoms with Crippen LogP contribution in [-0.4, -0.2) is 49.6 Å². The van der Waals surface area contributed by atoms with E-state index in [1.54, 1.807) is 7.11 Å². The third kappa shape index (κ3) is 4.33. The van der Waals surface area contributed by atoms with E-state index in [0.717, 1.165) is 54.2 Å². The Bertz CT molecular complexity index is 1100. The first-order valence-electron chi connectivity index (χ1n) is 12.1. The van der Waals surface area contributed by atoms with E-state index in [1.165, 1.54) is 0 Å². The number of para-hydroxylation sites is 1. The zero-order valence-electron chi connectivity index (χ0n) is 20.7. The lowest BCUT2D eigenvalue weighted by Gasteiger charge is -2.34. The fourth-order valence-corrected chi connectivity index (χ4v) is 5.08. The predicted molar refractivity (Wildman–Crippen MR) is 138 cm³/mol. The molecule has 34 heavy (non-hydrogen) atoms. The van der Waals surface area contributed by atoms with Gasteiger partial charge in [0, 0.05) is 13.6 Å². The lowest BCUT2D eigenvalue weighted by molar-refractivity contribution is -0.125. The Hall–Kier alpha value is -3.15. The van der Waals surface area contributed by atoms with Crippen molar-refractivity contribution < 1.29 is 9.53 Å². The number of nitrogens with zero attached hydrogens (tertiary/aromatic N) is 3. The van der Waals surface area contributed by atoms with Crippen molar-refractivity contribution in [2.75, 3.05) is 38.8 Å². The highest BCUT2D eigenvalue weighted by molar-refractivity contribution is 6.09. The molecule has 1 heterocycles. The number of hydrogen-bond donors (Lipinski definition) is 0. The highest BCUT2D eigenvalue weighted by atomic mass is 16.5. The van der Waals surface area contributed by atoms with Gasteiger partial charge in [-0.2, -0.15) is 0 Å². The monoisotopic (exact) mass is 457 g/mol. The lowest BCUT2D eigenvalue weighted by Crippen LogP contribution is -2.49. The second kappa shape index (κ2) is 10.4. The Labute approximate surface area is 203 Å². The Morgan fingerprint density at radius 3 is 2.18 bits per heavy atom. The van der Waals surface area contributed by atoms with E-state index in [0.29, 0.717) is 6.54 Å². The molecule has 3 aromatic carbocycles. The van der Waals surface area contributed by atoms with Gasteiger partial charge in [-0.3, -0.25) is 4.79 Å². The lowest BCUT2D eigenvalue weighted by atomic mass is 9.72. The van der Waals surface area contributed by atoms with E-state index in [2.05, 4.69) is 43.0 Å². The van der Waals surface area contributed by atoms with Gasteiger partial charge in [-0.05, 0) is 60.9 Å². The minimum Gasteiger partial charge on any atom is -0.497 e. The number of hydrogen-bond acceptors (Lipinski definition) is 4. The first-order valence-corrected chi connectivity index (χ1v) is 12.1. The maximum Gasteiger partial charge on any atom is 0.256 e. The van der Waals surface area contributed by atoms with E-state index >= 15 is 0 Å². The molecule has 0 saturated carbocycles. The number of fused-ring (bicyclic) bond motifs is 1. The molecule has 0 aromatic heterocycles. The summed E-state index contributed by atoms with van der Waals surface area (Å²) in [5.41, 5.74) is 3.51. The molecule has 178 valence electrons. The van der Waals surface area contributed by atoms with E-state index in [9.17, 15) is 4.79 Å². The fourth-order valence-electron chi connectivity index (χ4n) is 5.08. The summed E-state index contributed by atoms with van der Waals surface area (Å²) in [5, 5.41) is 3.92. The Kier molecular flexibility index (Phi) is 7.35. The van der Waals surface area contributed by atoms with E-state index in [-0.39, 0.29) is 5.91 Å². The molecule has 1 atom stereocenters. The van der Waals surface area contributed by atoms with Crippen molar-refractivity contribution in [1.82, 2.24) is 9.91 Å². The van der Waals surface area contributed by atoms with Crippen molar-refractivity contribution in [3.63, 3.8) is 0 Å². The molecular weight excluding hydrogens is 422 g/mol. The topological polar surface area (TPSA) is 36.0 Å². The molecular formula is C29H35N3O2. The number of hydrazine groups is 1. The SMILES string of the molecule is CCN(CC)CCC1(c2ccccc2)C(=O)N(N(C)Cc2ccc(OC)cc2)c2ccccc21. The number of methoxy groups -OCH3 is 1. The molecule has 5 heteroatoms. The van der Waals surface area contributed by atoms with Crippen LogP contribution in [0.25, 0.3) is 0 Å². The van der Waals surface area contributed by atoms with Crippen LogP contribution in [0.5, 0.6) is 5.75 Å². The van der Waals surface area contributed by atoms with Gasteiger partial charge in [-0.15, -0.1) is 0 Å². The summed E-state index contributed by atoms with van der Waals surface area (Å²) in [4.78, 5) is 16.8. The van der Waals surface area contributed by atoms with E-state index < -0.39 is 5.41 Å². The van der Waals surface area contributed by atoms with Gasteiger partial charge in [-0.1, -0.05) is 74.5 Å². The number of rotatable bonds is 10. The molecule has 0 aliphatic carbocycles. The van der Waals surface area contributed by atoms with Crippen LogP contribution in [0.3, 0.4) is 0 Å². The zero-order chi connectivity index (χ0) is 24.1. The van der Waals surface area contributed by atoms with Crippen LogP contribution in [0, 0.1) is 0 Å². The number of carbonyl (C=O) groups excluding carboxylic acids is 1. The quantitative estimate of drug-likeness (QED) is 0.424. The molecule has 0 bridgehead atoms. The molecule has 1 aliphatic heterocycles. The molecule has 5 nitrogen and oxygen atoms in total. The number of carbonyl (C=O) groups is 1. The molecule has 3 aromatic rings. The summed E-state index contributed by atoms with van der Waals surface area (Å²) in [6, 6.07) is 26.6. The molecule has 4 rings (SSSR count). The first-order chi connectivity index (χ1) is 16.5. The predicted octanol–water partition coefficient (Wildman–Crippen LogP) is 5.11. The second-order valence-electron chi connectivity index (χ2n) is 8.85. The van der Waals surface area contributed by atoms with Gasteiger partial charge in [0.05, 0.1) is 12.8 Å². The molecule has 0 saturated heterocycles. The molecule has 1 unspecified atom stereocenters. The average molecular weight is 458 g/mol. The van der Waals surface area contributed by atoms with Gasteiger partial charge in [0.15, 0.2) is 0 Å². The third-order valence-electron chi connectivity index (χ3n) is 7.03. The summed E-state index contributed by atoms with van der Waals surface area (Å²) in [6.45, 7) is 7.77. The van der Waals surface area contributed by atoms with Crippen molar-refractivity contribution >= 4 is 11.6 Å². The fraction of sp³-hybridized carbons (Fsp3) is 0.345. The molecule has 0 N–H and O–H groups in total. The summed E-state index contributed by atoms with van der Waals surface area (Å²) in [6.07, 6.45) is 0.738. The third-order valence-corrected chi connectivity index (χ3v) is 7.03. The standard InChI is InChI=1S/C29H35N3O2/c1-5-31(6-2)21-20-29(24-12-8-7-9-13-24)26-14-10-11-15-27(26)32(28(29)33)30(3)22-23-16-18-25(34-4)19-17-23/h7-19H,5-6,20-22H2,1-4H3. The second-order valence-corrected chi connectivity index (χ2v) is 8.85. The van der Waals surface area contributed by atoms with Crippen molar-refractivity contribution in [3.8, 4) is 5.75 Å². The van der Waals surface area contributed by atoms with Gasteiger partial charge in [0.2, 0.25) is 0 Å².